The van der Waals surface area contributed by atoms with Gasteiger partial charge in [0.2, 0.25) is 0 Å². The summed E-state index contributed by atoms with van der Waals surface area (Å²) in [5.41, 5.74) is -0.275. The van der Waals surface area contributed by atoms with Gasteiger partial charge in [-0.05, 0) is 29.6 Å². The predicted octanol–water partition coefficient (Wildman–Crippen LogP) is 2.38. The van der Waals surface area contributed by atoms with E-state index in [0.717, 1.165) is 33.8 Å². The Morgan fingerprint density at radius 2 is 2.05 bits per heavy atom. The molecule has 0 aliphatic carbocycles. The van der Waals surface area contributed by atoms with E-state index >= 15 is 0 Å². The zero-order valence-corrected chi connectivity index (χ0v) is 12.7. The molecule has 0 saturated carbocycles. The molecule has 0 aliphatic rings. The Kier molecular flexibility index (Phi) is 4.72. The first kappa shape index (κ1) is 16.0. The van der Waals surface area contributed by atoms with Crippen LogP contribution in [0.2, 0.25) is 0 Å². The van der Waals surface area contributed by atoms with Gasteiger partial charge < -0.3 is 5.11 Å². The fourth-order valence-electron chi connectivity index (χ4n) is 1.77. The first-order valence-corrected chi connectivity index (χ1v) is 8.27. The van der Waals surface area contributed by atoms with Crippen LogP contribution in [0.1, 0.15) is 11.7 Å². The maximum absolute atomic E-state index is 13.5. The number of benzene rings is 1. The second kappa shape index (κ2) is 6.18. The van der Waals surface area contributed by atoms with Crippen molar-refractivity contribution in [1.29, 1.82) is 0 Å². The molecule has 21 heavy (non-hydrogen) atoms. The van der Waals surface area contributed by atoms with Gasteiger partial charge >= 0.3 is 0 Å². The number of halogens is 2. The summed E-state index contributed by atoms with van der Waals surface area (Å²) < 4.78 is 52.0. The van der Waals surface area contributed by atoms with Crippen LogP contribution in [0.4, 0.5) is 8.78 Å². The van der Waals surface area contributed by atoms with E-state index in [0.29, 0.717) is 0 Å². The second-order valence-corrected chi connectivity index (χ2v) is 7.62. The molecule has 1 heterocycles. The van der Waals surface area contributed by atoms with Gasteiger partial charge in [-0.15, -0.1) is 11.3 Å². The molecule has 0 saturated heterocycles. The molecule has 8 heteroatoms. The van der Waals surface area contributed by atoms with Crippen LogP contribution in [0.15, 0.2) is 39.9 Å². The van der Waals surface area contributed by atoms with E-state index in [1.807, 2.05) is 0 Å². The zero-order valence-electron chi connectivity index (χ0n) is 11.0. The fraction of sp³-hybridized carbons (Fsp3) is 0.231. The van der Waals surface area contributed by atoms with Crippen LogP contribution in [-0.4, -0.2) is 31.4 Å². The number of rotatable bonds is 5. The van der Waals surface area contributed by atoms with Crippen molar-refractivity contribution in [1.82, 2.24) is 4.31 Å². The van der Waals surface area contributed by atoms with Crippen molar-refractivity contribution in [2.24, 2.45) is 0 Å². The largest absolute Gasteiger partial charge is 0.387 e. The van der Waals surface area contributed by atoms with Gasteiger partial charge in [0.25, 0.3) is 10.0 Å². The van der Waals surface area contributed by atoms with Crippen molar-refractivity contribution in [3.63, 3.8) is 0 Å². The maximum atomic E-state index is 13.5. The summed E-state index contributed by atoms with van der Waals surface area (Å²) in [6.45, 7) is -0.374. The summed E-state index contributed by atoms with van der Waals surface area (Å²) >= 11 is 1.04. The molecule has 1 N–H and O–H groups in total. The molecule has 1 aromatic heterocycles. The summed E-state index contributed by atoms with van der Waals surface area (Å²) in [6, 6.07) is 5.70. The molecule has 0 aliphatic heterocycles. The number of nitrogens with zero attached hydrogens (tertiary/aromatic N) is 1. The van der Waals surface area contributed by atoms with Crippen LogP contribution < -0.4 is 0 Å². The van der Waals surface area contributed by atoms with Crippen molar-refractivity contribution in [3.8, 4) is 0 Å². The maximum Gasteiger partial charge on any atom is 0.252 e. The summed E-state index contributed by atoms with van der Waals surface area (Å²) in [4.78, 5) is 0. The normalized spacial score (nSPS) is 13.6. The van der Waals surface area contributed by atoms with Crippen molar-refractivity contribution in [2.75, 3.05) is 13.6 Å². The number of thiophene rings is 1. The lowest BCUT2D eigenvalue weighted by Gasteiger charge is -2.20. The van der Waals surface area contributed by atoms with E-state index in [1.165, 1.54) is 13.1 Å². The Morgan fingerprint density at radius 3 is 2.67 bits per heavy atom. The van der Waals surface area contributed by atoms with Gasteiger partial charge in [-0.25, -0.2) is 17.2 Å². The number of hydrogen-bond acceptors (Lipinski definition) is 4. The van der Waals surface area contributed by atoms with E-state index in [9.17, 15) is 22.3 Å². The van der Waals surface area contributed by atoms with Gasteiger partial charge in [-0.2, -0.15) is 4.31 Å². The number of sulfonamides is 1. The third-order valence-electron chi connectivity index (χ3n) is 2.91. The predicted molar refractivity (Wildman–Crippen MR) is 75.5 cm³/mol. The zero-order chi connectivity index (χ0) is 15.6. The van der Waals surface area contributed by atoms with Crippen molar-refractivity contribution in [2.45, 2.75) is 10.3 Å². The summed E-state index contributed by atoms with van der Waals surface area (Å²) in [5, 5.41) is 11.6. The lowest BCUT2D eigenvalue weighted by atomic mass is 10.1. The van der Waals surface area contributed by atoms with Gasteiger partial charge in [0.05, 0.1) is 6.10 Å². The first-order valence-electron chi connectivity index (χ1n) is 5.95. The van der Waals surface area contributed by atoms with Gasteiger partial charge in [-0.3, -0.25) is 0 Å². The minimum absolute atomic E-state index is 0.122. The molecule has 0 fully saturated rings. The fourth-order valence-corrected chi connectivity index (χ4v) is 4.15. The standard InChI is InChI=1S/C13H13F2NO3S2/c1-16(21(18,19)13-3-2-6-20-13)8-12(17)10-7-9(14)4-5-11(10)15/h2-7,12,17H,8H2,1H3. The highest BCUT2D eigenvalue weighted by molar-refractivity contribution is 7.91. The summed E-state index contributed by atoms with van der Waals surface area (Å²) in [6.07, 6.45) is -1.46. The van der Waals surface area contributed by atoms with Gasteiger partial charge in [0.1, 0.15) is 15.8 Å². The number of hydrogen-bond donors (Lipinski definition) is 1. The van der Waals surface area contributed by atoms with E-state index < -0.39 is 27.8 Å². The third-order valence-corrected chi connectivity index (χ3v) is 6.10. The topological polar surface area (TPSA) is 57.6 Å². The molecule has 114 valence electrons. The minimum atomic E-state index is -3.75. The summed E-state index contributed by atoms with van der Waals surface area (Å²) in [7, 11) is -2.47. The van der Waals surface area contributed by atoms with Gasteiger partial charge in [-0.1, -0.05) is 6.07 Å². The molecular formula is C13H13F2NO3S2. The van der Waals surface area contributed by atoms with E-state index in [1.54, 1.807) is 11.4 Å². The van der Waals surface area contributed by atoms with E-state index in [-0.39, 0.29) is 16.3 Å². The Labute approximate surface area is 125 Å². The monoisotopic (exact) mass is 333 g/mol. The second-order valence-electron chi connectivity index (χ2n) is 4.40. The summed E-state index contributed by atoms with van der Waals surface area (Å²) in [5.74, 6) is -1.49. The van der Waals surface area contributed by atoms with Gasteiger partial charge in [0.15, 0.2) is 0 Å². The van der Waals surface area contributed by atoms with E-state index in [4.69, 9.17) is 0 Å². The minimum Gasteiger partial charge on any atom is -0.387 e. The van der Waals surface area contributed by atoms with Crippen LogP contribution in [0.25, 0.3) is 0 Å². The molecule has 2 rings (SSSR count). The molecule has 2 aromatic rings. The quantitative estimate of drug-likeness (QED) is 0.914. The average molecular weight is 333 g/mol. The van der Waals surface area contributed by atoms with Gasteiger partial charge in [0, 0.05) is 19.2 Å². The Morgan fingerprint density at radius 1 is 1.33 bits per heavy atom. The smallest absolute Gasteiger partial charge is 0.252 e. The number of aliphatic hydroxyl groups excluding tert-OH is 1. The van der Waals surface area contributed by atoms with Crippen LogP contribution in [0, 0.1) is 11.6 Å². The molecule has 0 bridgehead atoms. The third kappa shape index (κ3) is 3.46. The Hall–Kier alpha value is -1.35. The Bertz CT molecular complexity index is 717. The van der Waals surface area contributed by atoms with Crippen molar-refractivity contribution >= 4 is 21.4 Å². The lowest BCUT2D eigenvalue weighted by molar-refractivity contribution is 0.150. The number of aliphatic hydroxyl groups is 1. The molecular weight excluding hydrogens is 320 g/mol. The lowest BCUT2D eigenvalue weighted by Crippen LogP contribution is -2.31. The van der Waals surface area contributed by atoms with Crippen LogP contribution in [0.5, 0.6) is 0 Å². The molecule has 0 radical (unpaired) electrons. The highest BCUT2D eigenvalue weighted by Gasteiger charge is 2.25. The number of likely N-dealkylation sites (N-methyl/N-ethyl adjacent to an activating group) is 1. The highest BCUT2D eigenvalue weighted by Crippen LogP contribution is 2.24. The highest BCUT2D eigenvalue weighted by atomic mass is 32.2. The molecule has 0 spiro atoms. The van der Waals surface area contributed by atoms with Crippen molar-refractivity contribution in [3.05, 3.63) is 52.9 Å². The molecule has 1 aromatic carbocycles. The Balaban J connectivity index is 2.19. The van der Waals surface area contributed by atoms with Crippen LogP contribution >= 0.6 is 11.3 Å². The van der Waals surface area contributed by atoms with Crippen molar-refractivity contribution < 1.29 is 22.3 Å². The molecule has 4 nitrogen and oxygen atoms in total. The SMILES string of the molecule is CN(CC(O)c1cc(F)ccc1F)S(=O)(=O)c1cccs1. The first-order chi connectivity index (χ1) is 9.82. The van der Waals surface area contributed by atoms with Crippen LogP contribution in [0.3, 0.4) is 0 Å². The van der Waals surface area contributed by atoms with E-state index in [2.05, 4.69) is 0 Å². The molecule has 1 atom stereocenters. The van der Waals surface area contributed by atoms with Crippen LogP contribution in [-0.2, 0) is 10.0 Å². The average Bonchev–Trinajstić information content (AvgIpc) is 2.96. The molecule has 0 amide bonds. The molecule has 1 unspecified atom stereocenters.